The summed E-state index contributed by atoms with van der Waals surface area (Å²) in [5.41, 5.74) is 0.513. The van der Waals surface area contributed by atoms with E-state index in [1.54, 1.807) is 0 Å². The van der Waals surface area contributed by atoms with E-state index < -0.39 is 21.0 Å². The minimum atomic E-state index is -4.31. The molecule has 0 amide bonds. The molecule has 0 unspecified atom stereocenters. The lowest BCUT2D eigenvalue weighted by molar-refractivity contribution is -0.385. The average molecular weight is 487 g/mol. The van der Waals surface area contributed by atoms with Crippen LogP contribution in [0.5, 0.6) is 5.75 Å². The van der Waals surface area contributed by atoms with Gasteiger partial charge < -0.3 is 13.4 Å². The van der Waals surface area contributed by atoms with Gasteiger partial charge in [-0.1, -0.05) is 11.2 Å². The van der Waals surface area contributed by atoms with Gasteiger partial charge in [0.2, 0.25) is 5.82 Å². The number of ether oxygens (including phenoxy) is 1. The Bertz CT molecular complexity index is 1400. The van der Waals surface area contributed by atoms with E-state index in [1.165, 1.54) is 47.7 Å². The van der Waals surface area contributed by atoms with Crippen molar-refractivity contribution in [3.8, 4) is 17.2 Å². The van der Waals surface area contributed by atoms with Gasteiger partial charge in [-0.05, 0) is 41.8 Å². The number of nitrogens with zero attached hydrogens (tertiary/aromatic N) is 3. The predicted molar refractivity (Wildman–Crippen MR) is 114 cm³/mol. The molecule has 33 heavy (non-hydrogen) atoms. The Labute approximate surface area is 190 Å². The predicted octanol–water partition coefficient (Wildman–Crippen LogP) is 3.83. The van der Waals surface area contributed by atoms with Gasteiger partial charge in [0.25, 0.3) is 11.6 Å². The van der Waals surface area contributed by atoms with Crippen LogP contribution in [0.15, 0.2) is 74.8 Å². The number of esters is 1. The quantitative estimate of drug-likeness (QED) is 0.155. The highest BCUT2D eigenvalue weighted by atomic mass is 32.2. The van der Waals surface area contributed by atoms with Crippen LogP contribution in [0, 0.1) is 10.1 Å². The van der Waals surface area contributed by atoms with Crippen LogP contribution in [0.2, 0.25) is 0 Å². The first kappa shape index (κ1) is 22.1. The molecule has 4 aromatic rings. The number of nitro benzene ring substituents is 1. The molecule has 0 bridgehead atoms. The fourth-order valence-electron chi connectivity index (χ4n) is 2.60. The second-order valence-electron chi connectivity index (χ2n) is 6.42. The molecule has 0 saturated carbocycles. The first-order valence-corrected chi connectivity index (χ1v) is 11.5. The SMILES string of the molecule is O=C(OCc1noc(-c2ccsc2)n1)c1ccc(OS(=O)(=O)c2cccc([N+](=O)[O-])c2)cc1. The monoisotopic (exact) mass is 487 g/mol. The number of benzene rings is 2. The second-order valence-corrected chi connectivity index (χ2v) is 8.75. The lowest BCUT2D eigenvalue weighted by Crippen LogP contribution is -2.10. The zero-order chi connectivity index (χ0) is 23.4. The number of hydrogen-bond acceptors (Lipinski definition) is 11. The molecule has 0 saturated heterocycles. The molecule has 2 aromatic carbocycles. The van der Waals surface area contributed by atoms with Crippen LogP contribution in [0.1, 0.15) is 16.2 Å². The van der Waals surface area contributed by atoms with E-state index in [2.05, 4.69) is 10.1 Å². The first-order valence-electron chi connectivity index (χ1n) is 9.13. The van der Waals surface area contributed by atoms with E-state index in [4.69, 9.17) is 13.4 Å². The summed E-state index contributed by atoms with van der Waals surface area (Å²) >= 11 is 1.48. The van der Waals surface area contributed by atoms with Crippen LogP contribution in [0.4, 0.5) is 5.69 Å². The molecular formula is C20H13N3O8S2. The Morgan fingerprint density at radius 1 is 1.15 bits per heavy atom. The molecule has 11 nitrogen and oxygen atoms in total. The van der Waals surface area contributed by atoms with Crippen molar-refractivity contribution in [2.45, 2.75) is 11.5 Å². The van der Waals surface area contributed by atoms with Crippen LogP contribution < -0.4 is 4.18 Å². The summed E-state index contributed by atoms with van der Waals surface area (Å²) < 4.78 is 40.0. The minimum Gasteiger partial charge on any atom is -0.454 e. The topological polar surface area (TPSA) is 152 Å². The maximum absolute atomic E-state index is 12.4. The Morgan fingerprint density at radius 3 is 2.64 bits per heavy atom. The molecule has 2 heterocycles. The Balaban J connectivity index is 1.38. The van der Waals surface area contributed by atoms with E-state index >= 15 is 0 Å². The van der Waals surface area contributed by atoms with Crippen LogP contribution in [-0.2, 0) is 21.5 Å². The van der Waals surface area contributed by atoms with Gasteiger partial charge in [-0.15, -0.1) is 0 Å². The lowest BCUT2D eigenvalue weighted by atomic mass is 10.2. The van der Waals surface area contributed by atoms with Crippen molar-refractivity contribution >= 4 is 33.1 Å². The van der Waals surface area contributed by atoms with Gasteiger partial charge in [0.15, 0.2) is 6.61 Å². The molecule has 168 valence electrons. The highest BCUT2D eigenvalue weighted by molar-refractivity contribution is 7.87. The maximum Gasteiger partial charge on any atom is 0.339 e. The van der Waals surface area contributed by atoms with Gasteiger partial charge in [-0.2, -0.15) is 24.7 Å². The van der Waals surface area contributed by atoms with Crippen LogP contribution in [0.3, 0.4) is 0 Å². The van der Waals surface area contributed by atoms with Crippen molar-refractivity contribution in [1.82, 2.24) is 10.1 Å². The zero-order valence-corrected chi connectivity index (χ0v) is 18.1. The highest BCUT2D eigenvalue weighted by Gasteiger charge is 2.20. The van der Waals surface area contributed by atoms with Crippen molar-refractivity contribution in [3.05, 3.63) is 86.9 Å². The van der Waals surface area contributed by atoms with Crippen molar-refractivity contribution in [2.24, 2.45) is 0 Å². The lowest BCUT2D eigenvalue weighted by Gasteiger charge is -2.08. The fourth-order valence-corrected chi connectivity index (χ4v) is 4.20. The van der Waals surface area contributed by atoms with E-state index in [0.717, 1.165) is 17.7 Å². The van der Waals surface area contributed by atoms with E-state index in [9.17, 15) is 23.3 Å². The number of hydrogen-bond donors (Lipinski definition) is 0. The van der Waals surface area contributed by atoms with Gasteiger partial charge in [-0.3, -0.25) is 10.1 Å². The summed E-state index contributed by atoms with van der Waals surface area (Å²) in [5, 5.41) is 18.3. The van der Waals surface area contributed by atoms with E-state index in [1.807, 2.05) is 16.8 Å². The molecule has 0 aliphatic carbocycles. The Morgan fingerprint density at radius 2 is 1.94 bits per heavy atom. The molecule has 0 radical (unpaired) electrons. The van der Waals surface area contributed by atoms with Gasteiger partial charge >= 0.3 is 16.1 Å². The number of aromatic nitrogens is 2. The molecule has 4 rings (SSSR count). The number of rotatable bonds is 8. The van der Waals surface area contributed by atoms with E-state index in [0.29, 0.717) is 5.89 Å². The maximum atomic E-state index is 12.4. The summed E-state index contributed by atoms with van der Waals surface area (Å²) in [4.78, 5) is 26.2. The van der Waals surface area contributed by atoms with Gasteiger partial charge in [0.1, 0.15) is 10.6 Å². The van der Waals surface area contributed by atoms with Crippen LogP contribution >= 0.6 is 11.3 Å². The average Bonchev–Trinajstić information content (AvgIpc) is 3.50. The van der Waals surface area contributed by atoms with Crippen molar-refractivity contribution in [2.75, 3.05) is 0 Å². The third-order valence-electron chi connectivity index (χ3n) is 4.18. The summed E-state index contributed by atoms with van der Waals surface area (Å²) in [5.74, 6) is -0.275. The molecule has 0 aliphatic rings. The standard InChI is InChI=1S/C20H13N3O8S2/c24-20(29-11-18-21-19(30-22-18)14-8-9-32-12-14)13-4-6-16(7-5-13)31-33(27,28)17-3-1-2-15(10-17)23(25)26/h1-10,12H,11H2. The molecule has 0 spiro atoms. The van der Waals surface area contributed by atoms with Gasteiger partial charge in [0, 0.05) is 17.5 Å². The molecule has 0 aliphatic heterocycles. The summed E-state index contributed by atoms with van der Waals surface area (Å²) in [6.45, 7) is -0.216. The molecule has 0 fully saturated rings. The molecule has 2 aromatic heterocycles. The first-order chi connectivity index (χ1) is 15.8. The number of carbonyl (C=O) groups excluding carboxylic acids is 1. The Kier molecular flexibility index (Phi) is 6.15. The van der Waals surface area contributed by atoms with Crippen LogP contribution in [0.25, 0.3) is 11.5 Å². The smallest absolute Gasteiger partial charge is 0.339 e. The third-order valence-corrected chi connectivity index (χ3v) is 6.11. The van der Waals surface area contributed by atoms with Crippen molar-refractivity contribution in [3.63, 3.8) is 0 Å². The minimum absolute atomic E-state index is 0.0865. The molecular weight excluding hydrogens is 474 g/mol. The molecule has 0 N–H and O–H groups in total. The summed E-state index contributed by atoms with van der Waals surface area (Å²) in [6.07, 6.45) is 0. The summed E-state index contributed by atoms with van der Waals surface area (Å²) in [7, 11) is -4.31. The fraction of sp³-hybridized carbons (Fsp3) is 0.0500. The highest BCUT2D eigenvalue weighted by Crippen LogP contribution is 2.23. The van der Waals surface area contributed by atoms with E-state index in [-0.39, 0.29) is 34.3 Å². The van der Waals surface area contributed by atoms with Crippen LogP contribution in [-0.4, -0.2) is 29.5 Å². The second kappa shape index (κ2) is 9.18. The largest absolute Gasteiger partial charge is 0.454 e. The molecule has 0 atom stereocenters. The number of carbonyl (C=O) groups is 1. The number of thiophene rings is 1. The normalized spacial score (nSPS) is 11.2. The van der Waals surface area contributed by atoms with Gasteiger partial charge in [0.05, 0.1) is 16.1 Å². The summed E-state index contributed by atoms with van der Waals surface area (Å²) in [6, 6.07) is 11.4. The zero-order valence-electron chi connectivity index (χ0n) is 16.5. The van der Waals surface area contributed by atoms with Gasteiger partial charge in [-0.25, -0.2) is 4.79 Å². The Hall–Kier alpha value is -4.10. The third kappa shape index (κ3) is 5.22. The number of nitro groups is 1. The number of non-ortho nitro benzene ring substituents is 1. The van der Waals surface area contributed by atoms with Crippen molar-refractivity contribution < 1.29 is 31.6 Å². The van der Waals surface area contributed by atoms with Crippen molar-refractivity contribution in [1.29, 1.82) is 0 Å². The molecule has 13 heteroatoms.